The molecule has 0 radical (unpaired) electrons. The van der Waals surface area contributed by atoms with Crippen molar-refractivity contribution in [1.82, 2.24) is 20.2 Å². The van der Waals surface area contributed by atoms with Crippen molar-refractivity contribution < 1.29 is 31.5 Å². The number of nitrogens with one attached hydrogen (secondary N) is 2. The largest absolute Gasteiger partial charge is 0.416 e. The lowest BCUT2D eigenvalue weighted by molar-refractivity contribution is -0.255. The van der Waals surface area contributed by atoms with Gasteiger partial charge in [-0.2, -0.15) is 18.4 Å². The number of hydrogen-bond acceptors (Lipinski definition) is 5. The molecule has 194 valence electrons. The maximum absolute atomic E-state index is 13.3. The molecule has 1 aliphatic heterocycles. The Morgan fingerprint density at radius 3 is 2.43 bits per heavy atom. The van der Waals surface area contributed by atoms with Crippen LogP contribution in [-0.4, -0.2) is 58.8 Å². The number of aromatic nitrogens is 2. The average Bonchev–Trinajstić information content (AvgIpc) is 3.54. The zero-order chi connectivity index (χ0) is 26.4. The van der Waals surface area contributed by atoms with Crippen molar-refractivity contribution in [2.75, 3.05) is 20.2 Å². The first kappa shape index (κ1) is 28.3. The Morgan fingerprint density at radius 1 is 1.31 bits per heavy atom. The average molecular weight is 505 g/mol. The van der Waals surface area contributed by atoms with Crippen LogP contribution in [-0.2, 0) is 17.8 Å². The minimum atomic E-state index is -4.28. The maximum atomic E-state index is 13.3. The molecule has 1 aromatic heterocycles. The Labute approximate surface area is 199 Å². The number of urea groups is 1. The number of halogens is 5. The molecule has 2 amide bonds. The van der Waals surface area contributed by atoms with E-state index >= 15 is 0 Å². The van der Waals surface area contributed by atoms with Gasteiger partial charge in [-0.05, 0) is 44.4 Å². The van der Waals surface area contributed by atoms with Crippen LogP contribution in [0.3, 0.4) is 0 Å². The van der Waals surface area contributed by atoms with Crippen LogP contribution in [0.5, 0.6) is 0 Å². The first-order chi connectivity index (χ1) is 16.2. The molecular weight excluding hydrogens is 475 g/mol. The number of carbonyl (C=O) groups excluding carboxylic acids is 1. The predicted molar refractivity (Wildman–Crippen MR) is 118 cm³/mol. The highest BCUT2D eigenvalue weighted by atomic mass is 19.4. The molecule has 0 unspecified atom stereocenters. The van der Waals surface area contributed by atoms with Crippen LogP contribution in [0.25, 0.3) is 11.0 Å². The summed E-state index contributed by atoms with van der Waals surface area (Å²) >= 11 is 0. The molecular formula is C22H29F5N6O2. The van der Waals surface area contributed by atoms with Crippen LogP contribution in [0.1, 0.15) is 38.1 Å². The van der Waals surface area contributed by atoms with Crippen LogP contribution in [0.2, 0.25) is 0 Å². The number of ether oxygens (including phenoxy) is 1. The van der Waals surface area contributed by atoms with Crippen molar-refractivity contribution in [3.05, 3.63) is 29.6 Å². The molecule has 8 nitrogen and oxygen atoms in total. The Bertz CT molecular complexity index is 1040. The summed E-state index contributed by atoms with van der Waals surface area (Å²) in [4.78, 5) is 20.1. The van der Waals surface area contributed by atoms with E-state index in [9.17, 15) is 26.7 Å². The molecule has 2 heterocycles. The van der Waals surface area contributed by atoms with Crippen LogP contribution in [0.15, 0.2) is 18.2 Å². The van der Waals surface area contributed by atoms with Gasteiger partial charge in [0.15, 0.2) is 5.60 Å². The Kier molecular flexibility index (Phi) is 9.02. The molecule has 0 spiro atoms. The minimum Gasteiger partial charge on any atom is -0.369 e. The first-order valence-electron chi connectivity index (χ1n) is 10.8. The fraction of sp³-hybridized carbons (Fsp3) is 0.591. The van der Waals surface area contributed by atoms with Gasteiger partial charge < -0.3 is 25.7 Å². The van der Waals surface area contributed by atoms with Crippen LogP contribution < -0.4 is 11.1 Å². The van der Waals surface area contributed by atoms with Crippen molar-refractivity contribution in [3.63, 3.8) is 0 Å². The first-order valence-corrected chi connectivity index (χ1v) is 10.8. The number of benzene rings is 1. The second kappa shape index (κ2) is 11.2. The third kappa shape index (κ3) is 8.32. The summed E-state index contributed by atoms with van der Waals surface area (Å²) in [5, 5.41) is 10.1. The number of carbonyl (C=O) groups is 1. The number of rotatable bonds is 4. The summed E-state index contributed by atoms with van der Waals surface area (Å²) in [5.74, 6) is -1.81. The topological polar surface area (TPSA) is 120 Å². The molecule has 35 heavy (non-hydrogen) atoms. The lowest BCUT2D eigenvalue weighted by atomic mass is 10.1. The molecule has 0 atom stereocenters. The molecule has 1 aromatic carbocycles. The van der Waals surface area contributed by atoms with Crippen molar-refractivity contribution >= 4 is 17.1 Å². The molecule has 2 aromatic rings. The van der Waals surface area contributed by atoms with Crippen molar-refractivity contribution in [1.29, 1.82) is 5.26 Å². The summed E-state index contributed by atoms with van der Waals surface area (Å²) in [5.41, 5.74) is 5.77. The summed E-state index contributed by atoms with van der Waals surface area (Å²) in [6.07, 6.45) is -1.98. The van der Waals surface area contributed by atoms with Crippen LogP contribution in [0, 0.1) is 17.2 Å². The van der Waals surface area contributed by atoms with E-state index in [0.29, 0.717) is 18.3 Å². The lowest BCUT2D eigenvalue weighted by Crippen LogP contribution is -2.56. The van der Waals surface area contributed by atoms with Gasteiger partial charge in [0.05, 0.1) is 36.7 Å². The number of aromatic amines is 1. The third-order valence-corrected chi connectivity index (χ3v) is 5.32. The molecule has 1 saturated heterocycles. The summed E-state index contributed by atoms with van der Waals surface area (Å²) < 4.78 is 66.0. The molecule has 2 fully saturated rings. The van der Waals surface area contributed by atoms with E-state index in [1.807, 2.05) is 0 Å². The highest BCUT2D eigenvalue weighted by Gasteiger charge is 2.47. The zero-order valence-corrected chi connectivity index (χ0v) is 19.7. The Hall–Kier alpha value is -2.98. The third-order valence-electron chi connectivity index (χ3n) is 5.32. The smallest absolute Gasteiger partial charge is 0.369 e. The van der Waals surface area contributed by atoms with Gasteiger partial charge in [-0.25, -0.2) is 18.6 Å². The Balaban J connectivity index is 0.000000254. The molecule has 2 aliphatic rings. The summed E-state index contributed by atoms with van der Waals surface area (Å²) in [6.45, 7) is 1.19. The molecule has 4 N–H and O–H groups in total. The van der Waals surface area contributed by atoms with E-state index in [0.717, 1.165) is 55.3 Å². The predicted octanol–water partition coefficient (Wildman–Crippen LogP) is 4.08. The standard InChI is InChI=1S/C13H15F2N5O.C5H9F3O.C4H5N/c14-13(15)6-17-12(21)20(7-13)5-8-1-2-9-10(3-8)19-11(4-16)18-9;1-4(2,9-3)5(6,7)8;5-3-4-1-2-4/h1-3H,4-7,16H2,(H,17,21)(H,18,19);1-3H3;4H,1-2H2. The van der Waals surface area contributed by atoms with E-state index in [1.54, 1.807) is 18.2 Å². The van der Waals surface area contributed by atoms with Gasteiger partial charge in [-0.3, -0.25) is 0 Å². The summed E-state index contributed by atoms with van der Waals surface area (Å²) in [6, 6.07) is 7.00. The van der Waals surface area contributed by atoms with Gasteiger partial charge in [-0.15, -0.1) is 0 Å². The molecule has 13 heteroatoms. The maximum Gasteiger partial charge on any atom is 0.416 e. The minimum absolute atomic E-state index is 0.119. The van der Waals surface area contributed by atoms with E-state index in [4.69, 9.17) is 11.0 Å². The Morgan fingerprint density at radius 2 is 1.97 bits per heavy atom. The number of methoxy groups -OCH3 is 1. The van der Waals surface area contributed by atoms with Crippen LogP contribution in [0.4, 0.5) is 26.7 Å². The number of nitrogens with zero attached hydrogens (tertiary/aromatic N) is 3. The number of fused-ring (bicyclic) bond motifs is 1. The van der Waals surface area contributed by atoms with Gasteiger partial charge in [-0.1, -0.05) is 6.07 Å². The van der Waals surface area contributed by atoms with Crippen molar-refractivity contribution in [3.8, 4) is 6.07 Å². The number of H-pyrrole nitrogens is 1. The normalized spacial score (nSPS) is 17.5. The monoisotopic (exact) mass is 504 g/mol. The van der Waals surface area contributed by atoms with Gasteiger partial charge in [0.1, 0.15) is 5.82 Å². The summed E-state index contributed by atoms with van der Waals surface area (Å²) in [7, 11) is 1.04. The second-order valence-electron chi connectivity index (χ2n) is 8.73. The highest BCUT2D eigenvalue weighted by molar-refractivity contribution is 5.77. The van der Waals surface area contributed by atoms with Gasteiger partial charge in [0.2, 0.25) is 0 Å². The SMILES string of the molecule is COC(C)(C)C(F)(F)F.N#CC1CC1.NCc1nc2ccc(CN3CC(F)(F)CNC3=O)cc2[nH]1. The van der Waals surface area contributed by atoms with Crippen molar-refractivity contribution in [2.24, 2.45) is 11.7 Å². The second-order valence-corrected chi connectivity index (χ2v) is 8.73. The quantitative estimate of drug-likeness (QED) is 0.542. The van der Waals surface area contributed by atoms with E-state index in [-0.39, 0.29) is 6.54 Å². The van der Waals surface area contributed by atoms with Gasteiger partial charge >= 0.3 is 12.2 Å². The number of alkyl halides is 5. The number of hydrogen-bond donors (Lipinski definition) is 3. The highest BCUT2D eigenvalue weighted by Crippen LogP contribution is 2.31. The zero-order valence-electron chi connectivity index (χ0n) is 19.7. The number of nitrogens with two attached hydrogens (primary N) is 1. The van der Waals surface area contributed by atoms with Crippen molar-refractivity contribution in [2.45, 2.75) is 57.5 Å². The van der Waals surface area contributed by atoms with E-state index in [1.165, 1.54) is 0 Å². The molecule has 4 rings (SSSR count). The van der Waals surface area contributed by atoms with Gasteiger partial charge in [0.25, 0.3) is 5.92 Å². The number of imidazole rings is 1. The van der Waals surface area contributed by atoms with E-state index in [2.05, 4.69) is 26.1 Å². The lowest BCUT2D eigenvalue weighted by Gasteiger charge is -2.32. The fourth-order valence-electron chi connectivity index (χ4n) is 2.70. The molecule has 0 bridgehead atoms. The van der Waals surface area contributed by atoms with E-state index < -0.39 is 36.8 Å². The molecule has 1 aliphatic carbocycles. The number of nitriles is 1. The van der Waals surface area contributed by atoms with Gasteiger partial charge in [0, 0.05) is 19.6 Å². The fourth-order valence-corrected chi connectivity index (χ4v) is 2.70. The van der Waals surface area contributed by atoms with Crippen LogP contribution >= 0.6 is 0 Å². The molecule has 1 saturated carbocycles. The number of amides is 2.